The summed E-state index contributed by atoms with van der Waals surface area (Å²) in [5.41, 5.74) is 1.22. The number of benzene rings is 2. The van der Waals surface area contributed by atoms with Crippen LogP contribution in [0.2, 0.25) is 5.02 Å². The van der Waals surface area contributed by atoms with Gasteiger partial charge in [0.05, 0.1) is 11.5 Å². The second-order valence-corrected chi connectivity index (χ2v) is 8.98. The van der Waals surface area contributed by atoms with E-state index in [4.69, 9.17) is 16.3 Å². The van der Waals surface area contributed by atoms with Crippen molar-refractivity contribution in [1.29, 1.82) is 0 Å². The highest BCUT2D eigenvalue weighted by atomic mass is 35.5. The minimum absolute atomic E-state index is 0.261. The van der Waals surface area contributed by atoms with Crippen LogP contribution < -0.4 is 4.74 Å². The SMILES string of the molecule is CN(C)S(=O)(=O)c1ccc(OCCSCc2ccc(Cl)cc2)cc1. The first-order valence-corrected chi connectivity index (χ1v) is 10.3. The number of hydrogen-bond donors (Lipinski definition) is 0. The zero-order valence-electron chi connectivity index (χ0n) is 13.6. The third-order valence-electron chi connectivity index (χ3n) is 3.28. The molecule has 7 heteroatoms. The summed E-state index contributed by atoms with van der Waals surface area (Å²) in [6.07, 6.45) is 0. The Morgan fingerprint density at radius 1 is 1.04 bits per heavy atom. The number of ether oxygens (including phenoxy) is 1. The molecule has 2 rings (SSSR count). The highest BCUT2D eigenvalue weighted by Gasteiger charge is 2.16. The van der Waals surface area contributed by atoms with Crippen LogP contribution in [0.1, 0.15) is 5.56 Å². The lowest BCUT2D eigenvalue weighted by molar-refractivity contribution is 0.343. The average Bonchev–Trinajstić information content (AvgIpc) is 2.56. The van der Waals surface area contributed by atoms with Crippen molar-refractivity contribution in [2.75, 3.05) is 26.5 Å². The number of rotatable bonds is 8. The number of sulfonamides is 1. The molecule has 4 nitrogen and oxygen atoms in total. The maximum atomic E-state index is 12.0. The second kappa shape index (κ2) is 8.76. The number of thioether (sulfide) groups is 1. The first-order valence-electron chi connectivity index (χ1n) is 7.37. The number of nitrogens with zero attached hydrogens (tertiary/aromatic N) is 1. The van der Waals surface area contributed by atoms with E-state index in [2.05, 4.69) is 0 Å². The van der Waals surface area contributed by atoms with Crippen LogP contribution in [-0.4, -0.2) is 39.2 Å². The van der Waals surface area contributed by atoms with Crippen LogP contribution >= 0.6 is 23.4 Å². The van der Waals surface area contributed by atoms with Gasteiger partial charge in [-0.15, -0.1) is 0 Å². The fourth-order valence-electron chi connectivity index (χ4n) is 1.91. The molecule has 24 heavy (non-hydrogen) atoms. The Kier molecular flexibility index (Phi) is 6.98. The molecule has 0 aliphatic rings. The zero-order valence-corrected chi connectivity index (χ0v) is 16.0. The second-order valence-electron chi connectivity index (χ2n) is 5.29. The van der Waals surface area contributed by atoms with Crippen LogP contribution in [-0.2, 0) is 15.8 Å². The molecular formula is C17H20ClNO3S2. The van der Waals surface area contributed by atoms with E-state index < -0.39 is 10.0 Å². The monoisotopic (exact) mass is 385 g/mol. The lowest BCUT2D eigenvalue weighted by Gasteiger charge is -2.12. The smallest absolute Gasteiger partial charge is 0.242 e. The van der Waals surface area contributed by atoms with Crippen LogP contribution in [0.15, 0.2) is 53.4 Å². The van der Waals surface area contributed by atoms with Crippen molar-refractivity contribution in [3.8, 4) is 5.75 Å². The molecule has 0 N–H and O–H groups in total. The average molecular weight is 386 g/mol. The van der Waals surface area contributed by atoms with E-state index in [0.29, 0.717) is 12.4 Å². The normalized spacial score (nSPS) is 11.7. The first kappa shape index (κ1) is 19.1. The molecule has 0 aliphatic heterocycles. The highest BCUT2D eigenvalue weighted by Crippen LogP contribution is 2.19. The summed E-state index contributed by atoms with van der Waals surface area (Å²) in [5, 5.41) is 0.742. The van der Waals surface area contributed by atoms with E-state index in [1.54, 1.807) is 36.0 Å². The lowest BCUT2D eigenvalue weighted by Crippen LogP contribution is -2.22. The maximum Gasteiger partial charge on any atom is 0.242 e. The van der Waals surface area contributed by atoms with Gasteiger partial charge in [-0.3, -0.25) is 0 Å². The Labute approximate surface area is 152 Å². The molecule has 0 saturated carbocycles. The van der Waals surface area contributed by atoms with E-state index in [0.717, 1.165) is 16.5 Å². The van der Waals surface area contributed by atoms with Gasteiger partial charge in [-0.05, 0) is 42.0 Å². The zero-order chi connectivity index (χ0) is 17.6. The van der Waals surface area contributed by atoms with E-state index in [1.807, 2.05) is 24.3 Å². The molecule has 0 bridgehead atoms. The summed E-state index contributed by atoms with van der Waals surface area (Å²) >= 11 is 7.62. The van der Waals surface area contributed by atoms with Gasteiger partial charge in [0.15, 0.2) is 0 Å². The predicted octanol–water partition coefficient (Wildman–Crippen LogP) is 3.90. The Bertz CT molecular complexity index is 744. The van der Waals surface area contributed by atoms with Crippen molar-refractivity contribution in [3.63, 3.8) is 0 Å². The van der Waals surface area contributed by atoms with Crippen molar-refractivity contribution >= 4 is 33.4 Å². The van der Waals surface area contributed by atoms with Gasteiger partial charge in [-0.2, -0.15) is 11.8 Å². The fraction of sp³-hybridized carbons (Fsp3) is 0.294. The van der Waals surface area contributed by atoms with Crippen molar-refractivity contribution < 1.29 is 13.2 Å². The van der Waals surface area contributed by atoms with E-state index >= 15 is 0 Å². The molecule has 0 aromatic heterocycles. The first-order chi connectivity index (χ1) is 11.4. The van der Waals surface area contributed by atoms with Crippen molar-refractivity contribution in [1.82, 2.24) is 4.31 Å². The van der Waals surface area contributed by atoms with Crippen LogP contribution in [0.3, 0.4) is 0 Å². The molecule has 0 unspecified atom stereocenters. The summed E-state index contributed by atoms with van der Waals surface area (Å²) in [6, 6.07) is 14.3. The van der Waals surface area contributed by atoms with Gasteiger partial charge in [-0.1, -0.05) is 23.7 Å². The molecule has 130 valence electrons. The van der Waals surface area contributed by atoms with Gasteiger partial charge in [0.1, 0.15) is 5.75 Å². The molecular weight excluding hydrogens is 366 g/mol. The summed E-state index contributed by atoms with van der Waals surface area (Å²) in [7, 11) is -0.369. The molecule has 2 aromatic carbocycles. The highest BCUT2D eigenvalue weighted by molar-refractivity contribution is 7.98. The van der Waals surface area contributed by atoms with Crippen LogP contribution in [0.5, 0.6) is 5.75 Å². The standard InChI is InChI=1S/C17H20ClNO3S2/c1-19(2)24(20,21)17-9-7-16(8-10-17)22-11-12-23-13-14-3-5-15(18)6-4-14/h3-10H,11-13H2,1-2H3. The Balaban J connectivity index is 1.76. The summed E-state index contributed by atoms with van der Waals surface area (Å²) < 4.78 is 30.8. The minimum Gasteiger partial charge on any atom is -0.493 e. The quantitative estimate of drug-likeness (QED) is 0.646. The molecule has 0 atom stereocenters. The van der Waals surface area contributed by atoms with Gasteiger partial charge in [0.25, 0.3) is 0 Å². The topological polar surface area (TPSA) is 46.6 Å². The molecule has 0 fully saturated rings. The van der Waals surface area contributed by atoms with E-state index in [1.165, 1.54) is 24.0 Å². The Morgan fingerprint density at radius 2 is 1.67 bits per heavy atom. The van der Waals surface area contributed by atoms with Gasteiger partial charge in [0.2, 0.25) is 10.0 Å². The molecule has 0 amide bonds. The minimum atomic E-state index is -3.39. The molecule has 0 spiro atoms. The summed E-state index contributed by atoms with van der Waals surface area (Å²) in [6.45, 7) is 0.567. The maximum absolute atomic E-state index is 12.0. The Morgan fingerprint density at radius 3 is 2.25 bits per heavy atom. The van der Waals surface area contributed by atoms with Crippen LogP contribution in [0.4, 0.5) is 0 Å². The fourth-order valence-corrected chi connectivity index (χ4v) is 3.71. The third-order valence-corrected chi connectivity index (χ3v) is 6.35. The van der Waals surface area contributed by atoms with E-state index in [9.17, 15) is 8.42 Å². The van der Waals surface area contributed by atoms with Crippen molar-refractivity contribution in [2.24, 2.45) is 0 Å². The summed E-state index contributed by atoms with van der Waals surface area (Å²) in [5.74, 6) is 2.42. The van der Waals surface area contributed by atoms with Crippen LogP contribution in [0.25, 0.3) is 0 Å². The molecule has 0 saturated heterocycles. The van der Waals surface area contributed by atoms with Gasteiger partial charge in [0, 0.05) is 30.6 Å². The van der Waals surface area contributed by atoms with Gasteiger partial charge < -0.3 is 4.74 Å². The number of hydrogen-bond acceptors (Lipinski definition) is 4. The largest absolute Gasteiger partial charge is 0.493 e. The molecule has 2 aromatic rings. The lowest BCUT2D eigenvalue weighted by atomic mass is 10.2. The van der Waals surface area contributed by atoms with Crippen molar-refractivity contribution in [2.45, 2.75) is 10.6 Å². The van der Waals surface area contributed by atoms with Gasteiger partial charge >= 0.3 is 0 Å². The molecule has 0 aliphatic carbocycles. The third kappa shape index (κ3) is 5.41. The summed E-state index contributed by atoms with van der Waals surface area (Å²) in [4.78, 5) is 0.261. The van der Waals surface area contributed by atoms with Crippen molar-refractivity contribution in [3.05, 3.63) is 59.1 Å². The molecule has 0 heterocycles. The Hall–Kier alpha value is -1.21. The van der Waals surface area contributed by atoms with Crippen LogP contribution in [0, 0.1) is 0 Å². The predicted molar refractivity (Wildman–Crippen MR) is 100 cm³/mol. The number of halogens is 1. The van der Waals surface area contributed by atoms with Gasteiger partial charge in [-0.25, -0.2) is 12.7 Å². The van der Waals surface area contributed by atoms with E-state index in [-0.39, 0.29) is 4.90 Å². The molecule has 0 radical (unpaired) electrons.